The Morgan fingerprint density at radius 1 is 1.27 bits per heavy atom. The number of thiophene rings is 1. The summed E-state index contributed by atoms with van der Waals surface area (Å²) in [4.78, 5) is 24.1. The molecule has 26 heavy (non-hydrogen) atoms. The number of thioether (sulfide) groups is 1. The zero-order chi connectivity index (χ0) is 18.1. The third-order valence-corrected chi connectivity index (χ3v) is 6.67. The van der Waals surface area contributed by atoms with E-state index < -0.39 is 5.91 Å². The van der Waals surface area contributed by atoms with Crippen LogP contribution in [0.1, 0.15) is 22.7 Å². The monoisotopic (exact) mass is 404 g/mol. The van der Waals surface area contributed by atoms with E-state index in [9.17, 15) is 4.79 Å². The molecule has 1 aliphatic carbocycles. The van der Waals surface area contributed by atoms with E-state index in [0.29, 0.717) is 5.75 Å². The molecule has 0 spiro atoms. The van der Waals surface area contributed by atoms with Crippen molar-refractivity contribution < 1.29 is 4.79 Å². The van der Waals surface area contributed by atoms with Gasteiger partial charge in [0.05, 0.1) is 17.7 Å². The Morgan fingerprint density at radius 3 is 2.85 bits per heavy atom. The van der Waals surface area contributed by atoms with Gasteiger partial charge >= 0.3 is 0 Å². The summed E-state index contributed by atoms with van der Waals surface area (Å²) in [5.74, 6) is 1.70. The molecule has 3 aromatic rings. The number of aryl methyl sites for hydroxylation is 2. The highest BCUT2D eigenvalue weighted by Crippen LogP contribution is 2.39. The zero-order valence-electron chi connectivity index (χ0n) is 13.9. The second-order valence-corrected chi connectivity index (χ2v) is 8.66. The average molecular weight is 405 g/mol. The zero-order valence-corrected chi connectivity index (χ0v) is 16.3. The van der Waals surface area contributed by atoms with E-state index in [4.69, 9.17) is 22.3 Å². The van der Waals surface area contributed by atoms with Crippen molar-refractivity contribution in [1.82, 2.24) is 9.97 Å². The van der Waals surface area contributed by atoms with Crippen molar-refractivity contribution >= 4 is 56.6 Å². The number of nitrogens with one attached hydrogen (secondary N) is 1. The Hall–Kier alpha value is -1.83. The molecule has 0 atom stereocenters. The van der Waals surface area contributed by atoms with Crippen molar-refractivity contribution in [2.45, 2.75) is 29.9 Å². The van der Waals surface area contributed by atoms with Gasteiger partial charge in [0.2, 0.25) is 5.91 Å². The molecule has 134 valence electrons. The van der Waals surface area contributed by atoms with Crippen LogP contribution < -0.4 is 11.1 Å². The molecule has 1 aromatic carbocycles. The fourth-order valence-corrected chi connectivity index (χ4v) is 5.24. The minimum Gasteiger partial charge on any atom is -0.368 e. The summed E-state index contributed by atoms with van der Waals surface area (Å²) in [6.07, 6.45) is 3.31. The van der Waals surface area contributed by atoms with Gasteiger partial charge in [-0.25, -0.2) is 9.97 Å². The van der Waals surface area contributed by atoms with Crippen molar-refractivity contribution in [3.05, 3.63) is 45.6 Å². The molecule has 1 amide bonds. The lowest BCUT2D eigenvalue weighted by molar-refractivity contribution is -0.116. The number of hydrogen-bond acceptors (Lipinski definition) is 6. The van der Waals surface area contributed by atoms with E-state index in [-0.39, 0.29) is 6.54 Å². The predicted octanol–water partition coefficient (Wildman–Crippen LogP) is 4.02. The van der Waals surface area contributed by atoms with Crippen LogP contribution in [-0.4, -0.2) is 22.4 Å². The molecular formula is C18H17ClN4OS2. The van der Waals surface area contributed by atoms with Gasteiger partial charge in [-0.05, 0) is 49.1 Å². The van der Waals surface area contributed by atoms with Crippen LogP contribution in [0, 0.1) is 0 Å². The normalized spacial score (nSPS) is 13.1. The summed E-state index contributed by atoms with van der Waals surface area (Å²) in [5, 5.41) is 4.88. The van der Waals surface area contributed by atoms with Crippen LogP contribution >= 0.6 is 34.7 Å². The molecule has 0 saturated carbocycles. The molecular weight excluding hydrogens is 388 g/mol. The first-order valence-electron chi connectivity index (χ1n) is 8.32. The fourth-order valence-electron chi connectivity index (χ4n) is 3.08. The molecule has 5 nitrogen and oxygen atoms in total. The Bertz CT molecular complexity index is 971. The first kappa shape index (κ1) is 17.6. The largest absolute Gasteiger partial charge is 0.368 e. The first-order chi connectivity index (χ1) is 12.6. The quantitative estimate of drug-likeness (QED) is 0.606. The highest BCUT2D eigenvalue weighted by atomic mass is 35.5. The van der Waals surface area contributed by atoms with Crippen molar-refractivity contribution in [3.8, 4) is 0 Å². The number of nitrogens with two attached hydrogens (primary N) is 1. The van der Waals surface area contributed by atoms with E-state index >= 15 is 0 Å². The lowest BCUT2D eigenvalue weighted by Gasteiger charge is -2.09. The highest BCUT2D eigenvalue weighted by molar-refractivity contribution is 7.98. The summed E-state index contributed by atoms with van der Waals surface area (Å²) in [5.41, 5.74) is 6.63. The molecule has 0 bridgehead atoms. The fraction of sp³-hybridized carbons (Fsp3) is 0.278. The second kappa shape index (κ2) is 7.42. The highest BCUT2D eigenvalue weighted by Gasteiger charge is 2.22. The average Bonchev–Trinajstić information content (AvgIpc) is 3.19. The summed E-state index contributed by atoms with van der Waals surface area (Å²) in [6.45, 7) is 0.0699. The van der Waals surface area contributed by atoms with Gasteiger partial charge in [-0.3, -0.25) is 4.79 Å². The Balaban J connectivity index is 1.64. The van der Waals surface area contributed by atoms with Gasteiger partial charge in [0.15, 0.2) is 0 Å². The SMILES string of the molecule is NC(=O)CNc1nc(CSc2ccc(Cl)cc2)nc2sc3c(c12)CCC3. The summed E-state index contributed by atoms with van der Waals surface area (Å²) >= 11 is 9.33. The van der Waals surface area contributed by atoms with Crippen LogP contribution in [0.3, 0.4) is 0 Å². The number of halogens is 1. The van der Waals surface area contributed by atoms with Crippen LogP contribution in [0.25, 0.3) is 10.2 Å². The number of nitrogens with zero attached hydrogens (tertiary/aromatic N) is 2. The van der Waals surface area contributed by atoms with Gasteiger partial charge in [0.25, 0.3) is 0 Å². The molecule has 0 unspecified atom stereocenters. The topological polar surface area (TPSA) is 80.9 Å². The molecule has 0 aliphatic heterocycles. The third kappa shape index (κ3) is 3.65. The van der Waals surface area contributed by atoms with Gasteiger partial charge in [0.1, 0.15) is 16.5 Å². The van der Waals surface area contributed by atoms with Crippen molar-refractivity contribution in [2.75, 3.05) is 11.9 Å². The van der Waals surface area contributed by atoms with Crippen molar-refractivity contribution in [2.24, 2.45) is 5.73 Å². The standard InChI is InChI=1S/C18H17ClN4OS2/c19-10-4-6-11(7-5-10)25-9-15-22-17(21-8-14(20)24)16-12-2-1-3-13(12)26-18(16)23-15/h4-7H,1-3,8-9H2,(H2,20,24)(H,21,22,23). The number of primary amides is 1. The van der Waals surface area contributed by atoms with Crippen LogP contribution in [-0.2, 0) is 23.4 Å². The lowest BCUT2D eigenvalue weighted by Crippen LogP contribution is -2.22. The molecule has 0 radical (unpaired) electrons. The van der Waals surface area contributed by atoms with E-state index in [0.717, 1.165) is 44.6 Å². The number of carbonyl (C=O) groups excluding carboxylic acids is 1. The molecule has 1 aliphatic rings. The Kier molecular flexibility index (Phi) is 5.02. The smallest absolute Gasteiger partial charge is 0.236 e. The summed E-state index contributed by atoms with van der Waals surface area (Å²) < 4.78 is 0. The first-order valence-corrected chi connectivity index (χ1v) is 10.5. The minimum atomic E-state index is -0.402. The number of amides is 1. The van der Waals surface area contributed by atoms with E-state index in [2.05, 4.69) is 10.3 Å². The maximum absolute atomic E-state index is 11.2. The number of anilines is 1. The van der Waals surface area contributed by atoms with Gasteiger partial charge in [-0.1, -0.05) is 11.6 Å². The van der Waals surface area contributed by atoms with Gasteiger partial charge in [-0.2, -0.15) is 0 Å². The molecule has 4 rings (SSSR count). The van der Waals surface area contributed by atoms with Crippen LogP contribution in [0.15, 0.2) is 29.2 Å². The number of rotatable bonds is 6. The van der Waals surface area contributed by atoms with Gasteiger partial charge < -0.3 is 11.1 Å². The van der Waals surface area contributed by atoms with Gasteiger partial charge in [-0.15, -0.1) is 23.1 Å². The van der Waals surface area contributed by atoms with Crippen LogP contribution in [0.5, 0.6) is 0 Å². The molecule has 2 heterocycles. The maximum atomic E-state index is 11.2. The molecule has 0 saturated heterocycles. The van der Waals surface area contributed by atoms with Crippen molar-refractivity contribution in [1.29, 1.82) is 0 Å². The van der Waals surface area contributed by atoms with E-state index in [1.807, 2.05) is 24.3 Å². The van der Waals surface area contributed by atoms with Crippen LogP contribution in [0.2, 0.25) is 5.02 Å². The van der Waals surface area contributed by atoms with E-state index in [1.54, 1.807) is 23.1 Å². The Labute approximate surface area is 164 Å². The maximum Gasteiger partial charge on any atom is 0.236 e. The predicted molar refractivity (Wildman–Crippen MR) is 108 cm³/mol. The summed E-state index contributed by atoms with van der Waals surface area (Å²) in [7, 11) is 0. The molecule has 2 aromatic heterocycles. The lowest BCUT2D eigenvalue weighted by atomic mass is 10.2. The number of benzene rings is 1. The van der Waals surface area contributed by atoms with E-state index in [1.165, 1.54) is 16.9 Å². The molecule has 0 fully saturated rings. The van der Waals surface area contributed by atoms with Crippen LogP contribution in [0.4, 0.5) is 5.82 Å². The third-order valence-electron chi connectivity index (χ3n) is 4.22. The summed E-state index contributed by atoms with van der Waals surface area (Å²) in [6, 6.07) is 7.71. The minimum absolute atomic E-state index is 0.0699. The molecule has 3 N–H and O–H groups in total. The second-order valence-electron chi connectivity index (χ2n) is 6.09. The number of carbonyl (C=O) groups is 1. The number of fused-ring (bicyclic) bond motifs is 3. The number of aromatic nitrogens is 2. The molecule has 8 heteroatoms. The van der Waals surface area contributed by atoms with Crippen molar-refractivity contribution in [3.63, 3.8) is 0 Å². The van der Waals surface area contributed by atoms with Gasteiger partial charge in [0, 0.05) is 14.8 Å². The Morgan fingerprint density at radius 2 is 2.08 bits per heavy atom. The number of hydrogen-bond donors (Lipinski definition) is 2.